The van der Waals surface area contributed by atoms with Crippen molar-refractivity contribution >= 4 is 29.0 Å². The van der Waals surface area contributed by atoms with E-state index in [1.165, 1.54) is 12.8 Å². The molecule has 29 heavy (non-hydrogen) atoms. The fourth-order valence-electron chi connectivity index (χ4n) is 3.17. The molecule has 0 bridgehead atoms. The van der Waals surface area contributed by atoms with Gasteiger partial charge in [0.15, 0.2) is 5.82 Å². The Morgan fingerprint density at radius 2 is 1.72 bits per heavy atom. The highest BCUT2D eigenvalue weighted by atomic mass is 35.5. The van der Waals surface area contributed by atoms with Gasteiger partial charge < -0.3 is 10.2 Å². The van der Waals surface area contributed by atoms with Gasteiger partial charge in [-0.3, -0.25) is 0 Å². The Kier molecular flexibility index (Phi) is 10.2. The van der Waals surface area contributed by atoms with Crippen molar-refractivity contribution in [3.63, 3.8) is 0 Å². The van der Waals surface area contributed by atoms with Crippen LogP contribution in [0.25, 0.3) is 11.3 Å². The number of aromatic nitrogens is 2. The van der Waals surface area contributed by atoms with E-state index >= 15 is 0 Å². The molecule has 1 aromatic heterocycles. The number of nitrogens with one attached hydrogen (secondary N) is 1. The Hall–Kier alpha value is -1.40. The smallest absolute Gasteiger partial charge is 0.162 e. The first-order valence-corrected chi connectivity index (χ1v) is 11.1. The van der Waals surface area contributed by atoms with Gasteiger partial charge in [-0.25, -0.2) is 15.0 Å². The normalized spacial score (nSPS) is 13.9. The number of hydrazine groups is 1. The molecule has 5 nitrogen and oxygen atoms in total. The molecule has 160 valence electrons. The summed E-state index contributed by atoms with van der Waals surface area (Å²) < 4.78 is 4.69. The number of hydrogen-bond donors (Lipinski definition) is 1. The number of nitrogens with zero attached hydrogens (tertiary/aromatic N) is 3. The van der Waals surface area contributed by atoms with Crippen LogP contribution in [0.1, 0.15) is 51.4 Å². The summed E-state index contributed by atoms with van der Waals surface area (Å²) in [6.45, 7) is 9.26. The summed E-state index contributed by atoms with van der Waals surface area (Å²) in [6, 6.07) is 5.51. The number of ether oxygens (including phenoxy) is 1. The first-order valence-electron chi connectivity index (χ1n) is 10.4. The molecule has 2 heterocycles. The molecule has 1 aliphatic rings. The van der Waals surface area contributed by atoms with Crippen molar-refractivity contribution in [2.24, 2.45) is 0 Å². The van der Waals surface area contributed by atoms with Crippen LogP contribution in [0.3, 0.4) is 0 Å². The van der Waals surface area contributed by atoms with Gasteiger partial charge in [0, 0.05) is 37.4 Å². The van der Waals surface area contributed by atoms with Gasteiger partial charge in [-0.2, -0.15) is 0 Å². The highest BCUT2D eigenvalue weighted by Gasteiger charge is 2.18. The molecule has 7 heteroatoms. The van der Waals surface area contributed by atoms with Crippen LogP contribution < -0.4 is 5.43 Å². The van der Waals surface area contributed by atoms with Crippen LogP contribution in [-0.4, -0.2) is 41.8 Å². The van der Waals surface area contributed by atoms with Crippen molar-refractivity contribution in [1.29, 1.82) is 0 Å². The lowest BCUT2D eigenvalue weighted by molar-refractivity contribution is 0.199. The molecule has 0 atom stereocenters. The van der Waals surface area contributed by atoms with Gasteiger partial charge >= 0.3 is 0 Å². The van der Waals surface area contributed by atoms with Gasteiger partial charge in [-0.15, -0.1) is 0 Å². The minimum absolute atomic E-state index is 0.605. The van der Waals surface area contributed by atoms with Crippen LogP contribution in [0.4, 0.5) is 5.82 Å². The number of anilines is 1. The second kappa shape index (κ2) is 12.3. The number of halogens is 2. The molecule has 0 saturated carbocycles. The Balaban J connectivity index is 0.000000537. The zero-order valence-electron chi connectivity index (χ0n) is 17.9. The Bertz CT molecular complexity index is 778. The topological polar surface area (TPSA) is 50.3 Å². The van der Waals surface area contributed by atoms with Crippen molar-refractivity contribution in [3.05, 3.63) is 39.6 Å². The largest absolute Gasteiger partial charge is 0.385 e. The average molecular weight is 439 g/mol. The van der Waals surface area contributed by atoms with Gasteiger partial charge in [0.2, 0.25) is 0 Å². The van der Waals surface area contributed by atoms with Crippen LogP contribution >= 0.6 is 23.2 Å². The van der Waals surface area contributed by atoms with E-state index in [2.05, 4.69) is 31.2 Å². The Labute approximate surface area is 184 Å². The fourth-order valence-corrected chi connectivity index (χ4v) is 3.67. The summed E-state index contributed by atoms with van der Waals surface area (Å²) in [5.41, 5.74) is 7.08. The molecule has 0 amide bonds. The van der Waals surface area contributed by atoms with Gasteiger partial charge in [0.1, 0.15) is 0 Å². The van der Waals surface area contributed by atoms with E-state index in [1.807, 2.05) is 12.1 Å². The number of aryl methyl sites for hydroxylation is 2. The van der Waals surface area contributed by atoms with Crippen LogP contribution in [0, 0.1) is 0 Å². The quantitative estimate of drug-likeness (QED) is 0.570. The molecule has 1 aromatic carbocycles. The fraction of sp³-hybridized carbons (Fsp3) is 0.545. The maximum absolute atomic E-state index is 6.39. The van der Waals surface area contributed by atoms with Crippen molar-refractivity contribution in [3.8, 4) is 11.3 Å². The minimum atomic E-state index is 0.605. The van der Waals surface area contributed by atoms with Gasteiger partial charge in [0.05, 0.1) is 22.1 Å². The summed E-state index contributed by atoms with van der Waals surface area (Å²) in [5, 5.41) is 3.45. The van der Waals surface area contributed by atoms with Crippen LogP contribution in [-0.2, 0) is 17.6 Å². The minimum Gasteiger partial charge on any atom is -0.385 e. The lowest BCUT2D eigenvalue weighted by Gasteiger charge is -2.20. The molecule has 1 fully saturated rings. The first kappa shape index (κ1) is 23.9. The van der Waals surface area contributed by atoms with Crippen molar-refractivity contribution in [2.45, 2.75) is 52.9 Å². The standard InChI is InChI=1S/C18H22Cl2N4.C4H10O/c1-3-15-17(13-8-7-12(19)11-14(13)20)21-16(4-2)18(22-15)23-24-9-5-6-10-24;1-3-4-5-2/h7-8,11H,3-6,9-10H2,1-2H3,(H,22,23);3-4H2,1-2H3. The maximum Gasteiger partial charge on any atom is 0.162 e. The molecule has 3 rings (SSSR count). The first-order chi connectivity index (χ1) is 14.0. The lowest BCUT2D eigenvalue weighted by Crippen LogP contribution is -2.28. The van der Waals surface area contributed by atoms with E-state index in [0.717, 1.165) is 67.4 Å². The third-order valence-electron chi connectivity index (χ3n) is 4.67. The van der Waals surface area contributed by atoms with Crippen LogP contribution in [0.5, 0.6) is 0 Å². The Morgan fingerprint density at radius 1 is 1.03 bits per heavy atom. The molecule has 0 aliphatic carbocycles. The third kappa shape index (κ3) is 6.82. The van der Waals surface area contributed by atoms with E-state index in [9.17, 15) is 0 Å². The van der Waals surface area contributed by atoms with Crippen molar-refractivity contribution in [2.75, 3.05) is 32.2 Å². The van der Waals surface area contributed by atoms with Crippen LogP contribution in [0.15, 0.2) is 18.2 Å². The summed E-state index contributed by atoms with van der Waals surface area (Å²) in [6.07, 6.45) is 5.17. The maximum atomic E-state index is 6.39. The zero-order chi connectivity index (χ0) is 21.2. The zero-order valence-corrected chi connectivity index (χ0v) is 19.4. The number of benzene rings is 1. The van der Waals surface area contributed by atoms with E-state index in [4.69, 9.17) is 37.9 Å². The summed E-state index contributed by atoms with van der Waals surface area (Å²) >= 11 is 12.4. The molecule has 1 saturated heterocycles. The van der Waals surface area contributed by atoms with E-state index in [0.29, 0.717) is 10.0 Å². The number of rotatable bonds is 7. The molecular formula is C22H32Cl2N4O. The van der Waals surface area contributed by atoms with Crippen LogP contribution in [0.2, 0.25) is 10.0 Å². The molecule has 1 aliphatic heterocycles. The lowest BCUT2D eigenvalue weighted by atomic mass is 10.1. The van der Waals surface area contributed by atoms with E-state index in [-0.39, 0.29) is 0 Å². The second-order valence-electron chi connectivity index (χ2n) is 6.94. The molecule has 1 N–H and O–H groups in total. The number of hydrogen-bond acceptors (Lipinski definition) is 5. The summed E-state index contributed by atoms with van der Waals surface area (Å²) in [7, 11) is 1.71. The third-order valence-corrected chi connectivity index (χ3v) is 5.22. The van der Waals surface area contributed by atoms with Gasteiger partial charge in [-0.05, 0) is 50.3 Å². The predicted molar refractivity (Wildman–Crippen MR) is 123 cm³/mol. The molecule has 0 spiro atoms. The SMILES string of the molecule is CCCOC.CCc1nc(-c2ccc(Cl)cc2Cl)c(CC)nc1NN1CCCC1. The van der Waals surface area contributed by atoms with Crippen molar-refractivity contribution < 1.29 is 4.74 Å². The molecule has 0 unspecified atom stereocenters. The second-order valence-corrected chi connectivity index (χ2v) is 7.79. The molecular weight excluding hydrogens is 407 g/mol. The van der Waals surface area contributed by atoms with Crippen molar-refractivity contribution in [1.82, 2.24) is 15.0 Å². The van der Waals surface area contributed by atoms with Gasteiger partial charge in [-0.1, -0.05) is 44.0 Å². The van der Waals surface area contributed by atoms with E-state index in [1.54, 1.807) is 13.2 Å². The Morgan fingerprint density at radius 3 is 2.24 bits per heavy atom. The monoisotopic (exact) mass is 438 g/mol. The van der Waals surface area contributed by atoms with E-state index < -0.39 is 0 Å². The van der Waals surface area contributed by atoms with Gasteiger partial charge in [0.25, 0.3) is 0 Å². The predicted octanol–water partition coefficient (Wildman–Crippen LogP) is 6.04. The molecule has 0 radical (unpaired) electrons. The highest BCUT2D eigenvalue weighted by Crippen LogP contribution is 2.32. The average Bonchev–Trinajstić information content (AvgIpc) is 3.22. The number of methoxy groups -OCH3 is 1. The molecule has 2 aromatic rings. The summed E-state index contributed by atoms with van der Waals surface area (Å²) in [4.78, 5) is 9.74. The summed E-state index contributed by atoms with van der Waals surface area (Å²) in [5.74, 6) is 0.866. The highest BCUT2D eigenvalue weighted by molar-refractivity contribution is 6.36.